The summed E-state index contributed by atoms with van der Waals surface area (Å²) in [6.07, 6.45) is 6.61. The second kappa shape index (κ2) is 14.9. The van der Waals surface area contributed by atoms with E-state index in [0.29, 0.717) is 5.92 Å². The first-order valence-corrected chi connectivity index (χ1v) is 20.1. The van der Waals surface area contributed by atoms with Crippen LogP contribution in [0.25, 0.3) is 43.4 Å². The molecule has 1 saturated carbocycles. The first-order chi connectivity index (χ1) is 27.8. The van der Waals surface area contributed by atoms with Gasteiger partial charge in [-0.15, -0.1) is 0 Å². The van der Waals surface area contributed by atoms with E-state index in [1.54, 1.807) is 0 Å². The van der Waals surface area contributed by atoms with Crippen molar-refractivity contribution in [2.24, 2.45) is 0 Å². The van der Waals surface area contributed by atoms with Gasteiger partial charge in [0.05, 0.1) is 5.69 Å². The second-order valence-electron chi connectivity index (χ2n) is 15.2. The van der Waals surface area contributed by atoms with Gasteiger partial charge in [-0.25, -0.2) is 0 Å². The molecule has 0 amide bonds. The maximum atomic E-state index is 2.45. The summed E-state index contributed by atoms with van der Waals surface area (Å²) in [7, 11) is 0. The number of anilines is 6. The summed E-state index contributed by atoms with van der Waals surface area (Å²) >= 11 is 0. The predicted molar refractivity (Wildman–Crippen MR) is 240 cm³/mol. The minimum atomic E-state index is 0.659. The van der Waals surface area contributed by atoms with Gasteiger partial charge < -0.3 is 9.80 Å². The zero-order chi connectivity index (χ0) is 37.3. The van der Waals surface area contributed by atoms with Crippen molar-refractivity contribution >= 4 is 66.4 Å². The highest BCUT2D eigenvalue weighted by Gasteiger charge is 2.22. The van der Waals surface area contributed by atoms with Crippen molar-refractivity contribution < 1.29 is 0 Å². The summed E-state index contributed by atoms with van der Waals surface area (Å²) in [5, 5.41) is 7.36. The van der Waals surface area contributed by atoms with Crippen LogP contribution in [0.3, 0.4) is 0 Å². The van der Waals surface area contributed by atoms with E-state index in [4.69, 9.17) is 0 Å². The smallest absolute Gasteiger partial charge is 0.0546 e. The molecule has 270 valence electrons. The fourth-order valence-electron chi connectivity index (χ4n) is 8.96. The molecule has 0 unspecified atom stereocenters. The van der Waals surface area contributed by atoms with Gasteiger partial charge in [0.25, 0.3) is 0 Å². The maximum Gasteiger partial charge on any atom is 0.0546 e. The molecule has 0 N–H and O–H groups in total. The lowest BCUT2D eigenvalue weighted by Crippen LogP contribution is -2.14. The number of hydrogen-bond acceptors (Lipinski definition) is 2. The molecule has 1 aliphatic carbocycles. The van der Waals surface area contributed by atoms with Crippen LogP contribution in [0, 0.1) is 0 Å². The third-order valence-electron chi connectivity index (χ3n) is 11.8. The van der Waals surface area contributed by atoms with Crippen LogP contribution < -0.4 is 9.80 Å². The molecular formula is C54H44N2. The molecule has 9 aromatic rings. The van der Waals surface area contributed by atoms with Crippen molar-refractivity contribution in [2.75, 3.05) is 9.80 Å². The summed E-state index contributed by atoms with van der Waals surface area (Å²) in [4.78, 5) is 4.88. The number of benzene rings is 9. The van der Waals surface area contributed by atoms with Crippen molar-refractivity contribution in [3.05, 3.63) is 206 Å². The molecule has 0 bridgehead atoms. The third-order valence-corrected chi connectivity index (χ3v) is 11.8. The number of nitrogens with zero attached hydrogens (tertiary/aromatic N) is 2. The molecule has 1 aliphatic rings. The van der Waals surface area contributed by atoms with Crippen molar-refractivity contribution in [1.29, 1.82) is 0 Å². The Labute approximate surface area is 329 Å². The van der Waals surface area contributed by atoms with E-state index in [1.807, 2.05) is 0 Å². The van der Waals surface area contributed by atoms with Crippen molar-refractivity contribution in [1.82, 2.24) is 0 Å². The SMILES string of the molecule is c1ccc(-c2c(N(c3cccc(N(c4ccc(C5CCCCC5)cc4)c4ccc5ccccc5c4)c3)c3ccc4ccccc4c3)ccc3ccccc23)cc1. The van der Waals surface area contributed by atoms with Crippen molar-refractivity contribution in [2.45, 2.75) is 38.0 Å². The minimum Gasteiger partial charge on any atom is -0.310 e. The van der Waals surface area contributed by atoms with Crippen molar-refractivity contribution in [3.8, 4) is 11.1 Å². The first-order valence-electron chi connectivity index (χ1n) is 20.1. The van der Waals surface area contributed by atoms with Crippen LogP contribution in [0.5, 0.6) is 0 Å². The Balaban J connectivity index is 1.18. The molecule has 2 nitrogen and oxygen atoms in total. The van der Waals surface area contributed by atoms with Crippen LogP contribution >= 0.6 is 0 Å². The maximum absolute atomic E-state index is 2.45. The van der Waals surface area contributed by atoms with Gasteiger partial charge in [0, 0.05) is 34.0 Å². The van der Waals surface area contributed by atoms with Crippen LogP contribution in [-0.4, -0.2) is 0 Å². The Kier molecular flexibility index (Phi) is 9.01. The Hall–Kier alpha value is -6.64. The van der Waals surface area contributed by atoms with E-state index in [-0.39, 0.29) is 0 Å². The van der Waals surface area contributed by atoms with Crippen LogP contribution in [0.4, 0.5) is 34.1 Å². The third kappa shape index (κ3) is 6.48. The first kappa shape index (κ1) is 33.9. The van der Waals surface area contributed by atoms with Gasteiger partial charge in [-0.1, -0.05) is 159 Å². The van der Waals surface area contributed by atoms with E-state index in [9.17, 15) is 0 Å². The predicted octanol–water partition coefficient (Wildman–Crippen LogP) is 15.8. The number of hydrogen-bond donors (Lipinski definition) is 0. The van der Waals surface area contributed by atoms with Gasteiger partial charge in [-0.2, -0.15) is 0 Å². The molecule has 10 rings (SSSR count). The standard InChI is InChI=1S/C54H44N2/c1-3-14-39(15-4-1)42-26-31-47(32-27-42)55(50-33-28-40-16-7-9-21-45(40)36-50)48-23-13-24-49(38-48)56(51-34-29-41-17-8-10-22-46(41)37-51)53-35-30-43-18-11-12-25-52(43)54(53)44-19-5-2-6-20-44/h2,5-13,16-39H,1,3-4,14-15H2. The van der Waals surface area contributed by atoms with Gasteiger partial charge in [0.15, 0.2) is 0 Å². The normalized spacial score (nSPS) is 13.3. The topological polar surface area (TPSA) is 6.48 Å². The zero-order valence-corrected chi connectivity index (χ0v) is 31.6. The van der Waals surface area contributed by atoms with Gasteiger partial charge in [0.1, 0.15) is 0 Å². The highest BCUT2D eigenvalue weighted by molar-refractivity contribution is 6.06. The van der Waals surface area contributed by atoms with E-state index >= 15 is 0 Å². The highest BCUT2D eigenvalue weighted by atomic mass is 15.2. The summed E-state index contributed by atoms with van der Waals surface area (Å²) < 4.78 is 0. The second-order valence-corrected chi connectivity index (χ2v) is 15.2. The average Bonchev–Trinajstić information content (AvgIpc) is 3.27. The molecule has 0 radical (unpaired) electrons. The quantitative estimate of drug-likeness (QED) is 0.154. The molecule has 0 saturated heterocycles. The Bertz CT molecular complexity index is 2800. The minimum absolute atomic E-state index is 0.659. The zero-order valence-electron chi connectivity index (χ0n) is 31.6. The molecule has 2 heteroatoms. The fourth-order valence-corrected chi connectivity index (χ4v) is 8.96. The van der Waals surface area contributed by atoms with E-state index in [2.05, 4.69) is 210 Å². The lowest BCUT2D eigenvalue weighted by molar-refractivity contribution is 0.443. The van der Waals surface area contributed by atoms with Gasteiger partial charge in [0.2, 0.25) is 0 Å². The Morgan fingerprint density at radius 2 is 0.857 bits per heavy atom. The molecule has 0 spiro atoms. The molecule has 0 aromatic heterocycles. The number of rotatable bonds is 8. The molecule has 1 fully saturated rings. The van der Waals surface area contributed by atoms with Crippen molar-refractivity contribution in [3.63, 3.8) is 0 Å². The van der Waals surface area contributed by atoms with Gasteiger partial charge >= 0.3 is 0 Å². The van der Waals surface area contributed by atoms with Crippen LogP contribution in [-0.2, 0) is 0 Å². The molecule has 0 heterocycles. The lowest BCUT2D eigenvalue weighted by Gasteiger charge is -2.31. The average molecular weight is 721 g/mol. The van der Waals surface area contributed by atoms with Gasteiger partial charge in [-0.3, -0.25) is 0 Å². The van der Waals surface area contributed by atoms with Gasteiger partial charge in [-0.05, 0) is 123 Å². The molecular weight excluding hydrogens is 677 g/mol. The van der Waals surface area contributed by atoms with Crippen LogP contribution in [0.15, 0.2) is 200 Å². The molecule has 0 aliphatic heterocycles. The molecule has 56 heavy (non-hydrogen) atoms. The molecule has 9 aromatic carbocycles. The highest BCUT2D eigenvalue weighted by Crippen LogP contribution is 2.47. The van der Waals surface area contributed by atoms with Crippen LogP contribution in [0.1, 0.15) is 43.6 Å². The summed E-state index contributed by atoms with van der Waals surface area (Å²) in [5.74, 6) is 0.659. The lowest BCUT2D eigenvalue weighted by atomic mass is 9.84. The number of fused-ring (bicyclic) bond motifs is 3. The summed E-state index contributed by atoms with van der Waals surface area (Å²) in [6.45, 7) is 0. The van der Waals surface area contributed by atoms with E-state index < -0.39 is 0 Å². The molecule has 0 atom stereocenters. The Morgan fingerprint density at radius 3 is 1.54 bits per heavy atom. The van der Waals surface area contributed by atoms with E-state index in [0.717, 1.165) is 34.1 Å². The largest absolute Gasteiger partial charge is 0.310 e. The fraction of sp³-hybridized carbons (Fsp3) is 0.111. The van der Waals surface area contributed by atoms with E-state index in [1.165, 1.54) is 81.1 Å². The summed E-state index contributed by atoms with van der Waals surface area (Å²) in [5.41, 5.74) is 10.6. The Morgan fingerprint density at radius 1 is 0.339 bits per heavy atom. The summed E-state index contributed by atoms with van der Waals surface area (Å²) in [6, 6.07) is 73.7. The van der Waals surface area contributed by atoms with Crippen LogP contribution in [0.2, 0.25) is 0 Å². The monoisotopic (exact) mass is 720 g/mol.